The second-order valence-electron chi connectivity index (χ2n) is 8.24. The molecule has 170 valence electrons. The minimum atomic E-state index is -0.562. The number of nitrogens with one attached hydrogen (secondary N) is 1. The quantitative estimate of drug-likeness (QED) is 0.695. The summed E-state index contributed by atoms with van der Waals surface area (Å²) in [5.41, 5.74) is -0.562. The smallest absolute Gasteiger partial charge is 0.241 e. The molecule has 1 aromatic carbocycles. The molecule has 2 saturated heterocycles. The molecular formula is C22H30FN3O5. The van der Waals surface area contributed by atoms with E-state index in [-0.39, 0.29) is 43.1 Å². The third kappa shape index (κ3) is 6.65. The molecule has 3 rings (SSSR count). The average molecular weight is 435 g/mol. The van der Waals surface area contributed by atoms with E-state index in [1.54, 1.807) is 21.9 Å². The highest BCUT2D eigenvalue weighted by Gasteiger charge is 2.41. The van der Waals surface area contributed by atoms with Crippen LogP contribution in [0.4, 0.5) is 4.39 Å². The van der Waals surface area contributed by atoms with E-state index in [0.717, 1.165) is 12.8 Å². The molecule has 31 heavy (non-hydrogen) atoms. The van der Waals surface area contributed by atoms with E-state index >= 15 is 0 Å². The maximum absolute atomic E-state index is 13.2. The van der Waals surface area contributed by atoms with E-state index in [0.29, 0.717) is 45.1 Å². The van der Waals surface area contributed by atoms with Crippen LogP contribution in [0.25, 0.3) is 0 Å². The third-order valence-corrected chi connectivity index (χ3v) is 5.75. The highest BCUT2D eigenvalue weighted by Crippen LogP contribution is 2.35. The molecule has 0 aromatic heterocycles. The van der Waals surface area contributed by atoms with E-state index < -0.39 is 5.41 Å². The summed E-state index contributed by atoms with van der Waals surface area (Å²) in [7, 11) is 0. The highest BCUT2D eigenvalue weighted by atomic mass is 19.1. The number of halogens is 1. The van der Waals surface area contributed by atoms with Gasteiger partial charge in [-0.3, -0.25) is 14.4 Å². The van der Waals surface area contributed by atoms with E-state index in [1.807, 2.05) is 0 Å². The molecule has 0 radical (unpaired) electrons. The summed E-state index contributed by atoms with van der Waals surface area (Å²) in [5, 5.41) is 2.54. The largest absolute Gasteiger partial charge is 0.493 e. The Morgan fingerprint density at radius 3 is 2.48 bits per heavy atom. The Bertz CT molecular complexity index is 782. The number of rotatable bonds is 7. The molecule has 0 bridgehead atoms. The molecule has 2 aliphatic heterocycles. The normalized spacial score (nSPS) is 21.5. The summed E-state index contributed by atoms with van der Waals surface area (Å²) >= 11 is 0. The number of carbonyl (C=O) groups excluding carboxylic acids is 3. The number of hydrogen-bond donors (Lipinski definition) is 1. The summed E-state index contributed by atoms with van der Waals surface area (Å²) in [6, 6.07) is 5.75. The second-order valence-corrected chi connectivity index (χ2v) is 8.24. The molecule has 0 unspecified atom stereocenters. The number of hydrogen-bond acceptors (Lipinski definition) is 5. The van der Waals surface area contributed by atoms with Gasteiger partial charge in [-0.15, -0.1) is 0 Å². The lowest BCUT2D eigenvalue weighted by Gasteiger charge is -2.43. The second kappa shape index (κ2) is 10.6. The van der Waals surface area contributed by atoms with Crippen molar-refractivity contribution in [3.8, 4) is 5.75 Å². The van der Waals surface area contributed by atoms with Gasteiger partial charge in [-0.25, -0.2) is 4.39 Å². The average Bonchev–Trinajstić information content (AvgIpc) is 2.78. The number of ether oxygens (including phenoxy) is 2. The zero-order chi connectivity index (χ0) is 22.3. The van der Waals surface area contributed by atoms with Gasteiger partial charge in [0.15, 0.2) is 0 Å². The van der Waals surface area contributed by atoms with Crippen molar-refractivity contribution in [3.63, 3.8) is 0 Å². The monoisotopic (exact) mass is 435 g/mol. The predicted molar refractivity (Wildman–Crippen MR) is 111 cm³/mol. The zero-order valence-corrected chi connectivity index (χ0v) is 17.9. The van der Waals surface area contributed by atoms with Crippen LogP contribution in [0.1, 0.15) is 26.2 Å². The molecule has 2 heterocycles. The number of nitrogens with zero attached hydrogens (tertiary/aromatic N) is 2. The van der Waals surface area contributed by atoms with Crippen LogP contribution >= 0.6 is 0 Å². The van der Waals surface area contributed by atoms with Crippen molar-refractivity contribution in [2.45, 2.75) is 26.2 Å². The van der Waals surface area contributed by atoms with Gasteiger partial charge in [-0.1, -0.05) is 0 Å². The fourth-order valence-corrected chi connectivity index (χ4v) is 4.06. The van der Waals surface area contributed by atoms with Crippen LogP contribution in [-0.4, -0.2) is 80.1 Å². The fourth-order valence-electron chi connectivity index (χ4n) is 4.06. The zero-order valence-electron chi connectivity index (χ0n) is 17.9. The lowest BCUT2D eigenvalue weighted by molar-refractivity contribution is -0.143. The van der Waals surface area contributed by atoms with E-state index in [4.69, 9.17) is 9.47 Å². The van der Waals surface area contributed by atoms with Crippen LogP contribution in [0, 0.1) is 11.2 Å². The van der Waals surface area contributed by atoms with Gasteiger partial charge in [0, 0.05) is 44.9 Å². The molecule has 0 aliphatic carbocycles. The Hall–Kier alpha value is -2.68. The maximum atomic E-state index is 13.2. The first-order chi connectivity index (χ1) is 14.9. The molecule has 2 aliphatic rings. The molecule has 1 atom stereocenters. The Kier molecular flexibility index (Phi) is 7.84. The van der Waals surface area contributed by atoms with Crippen LogP contribution in [0.5, 0.6) is 5.75 Å². The summed E-state index contributed by atoms with van der Waals surface area (Å²) in [5.74, 6) is -0.265. The van der Waals surface area contributed by atoms with Crippen LogP contribution < -0.4 is 10.1 Å². The van der Waals surface area contributed by atoms with Gasteiger partial charge in [0.05, 0.1) is 26.4 Å². The maximum Gasteiger partial charge on any atom is 0.241 e. The van der Waals surface area contributed by atoms with Crippen molar-refractivity contribution in [2.24, 2.45) is 5.41 Å². The molecule has 1 aromatic rings. The van der Waals surface area contributed by atoms with Gasteiger partial charge < -0.3 is 24.6 Å². The molecule has 3 amide bonds. The number of likely N-dealkylation sites (tertiary alicyclic amines) is 1. The van der Waals surface area contributed by atoms with Gasteiger partial charge in [-0.05, 0) is 37.1 Å². The lowest BCUT2D eigenvalue weighted by Crippen LogP contribution is -2.53. The Morgan fingerprint density at radius 2 is 1.81 bits per heavy atom. The topological polar surface area (TPSA) is 88.2 Å². The summed E-state index contributed by atoms with van der Waals surface area (Å²) < 4.78 is 24.5. The SMILES string of the molecule is CC(=O)NCC(=O)N1CCC[C@@](COc2ccc(F)cc2)(CC(=O)N2CCOCC2)C1. The number of piperidine rings is 1. The first-order valence-electron chi connectivity index (χ1n) is 10.6. The van der Waals surface area contributed by atoms with Crippen LogP contribution in [0.2, 0.25) is 0 Å². The van der Waals surface area contributed by atoms with Crippen molar-refractivity contribution < 1.29 is 28.2 Å². The van der Waals surface area contributed by atoms with Gasteiger partial charge in [0.25, 0.3) is 0 Å². The summed E-state index contributed by atoms with van der Waals surface area (Å²) in [6.45, 7) is 4.62. The van der Waals surface area contributed by atoms with Gasteiger partial charge in [-0.2, -0.15) is 0 Å². The predicted octanol–water partition coefficient (Wildman–Crippen LogP) is 1.20. The number of carbonyl (C=O) groups is 3. The highest BCUT2D eigenvalue weighted by molar-refractivity contribution is 5.84. The molecule has 1 N–H and O–H groups in total. The number of amides is 3. The van der Waals surface area contributed by atoms with E-state index in [2.05, 4.69) is 5.32 Å². The van der Waals surface area contributed by atoms with Crippen molar-refractivity contribution >= 4 is 17.7 Å². The summed E-state index contributed by atoms with van der Waals surface area (Å²) in [6.07, 6.45) is 1.71. The Labute approximate surface area is 181 Å². The number of morpholine rings is 1. The van der Waals surface area contributed by atoms with Crippen molar-refractivity contribution in [1.82, 2.24) is 15.1 Å². The van der Waals surface area contributed by atoms with E-state index in [9.17, 15) is 18.8 Å². The molecular weight excluding hydrogens is 405 g/mol. The van der Waals surface area contributed by atoms with Gasteiger partial charge >= 0.3 is 0 Å². The third-order valence-electron chi connectivity index (χ3n) is 5.75. The minimum absolute atomic E-state index is 0.0159. The van der Waals surface area contributed by atoms with Gasteiger partial charge in [0.1, 0.15) is 11.6 Å². The molecule has 2 fully saturated rings. The molecule has 0 saturated carbocycles. The van der Waals surface area contributed by atoms with Crippen molar-refractivity contribution in [1.29, 1.82) is 0 Å². The standard InChI is InChI=1S/C22H30FN3O5/c1-17(27)24-14-21(29)26-8-2-7-22(15-26,13-20(28)25-9-11-30-12-10-25)16-31-19-5-3-18(23)4-6-19/h3-6H,2,7-16H2,1H3,(H,24,27)/t22-/m1/s1. The van der Waals surface area contributed by atoms with Crippen LogP contribution in [-0.2, 0) is 19.1 Å². The molecule has 9 heteroatoms. The van der Waals surface area contributed by atoms with Crippen molar-refractivity contribution in [3.05, 3.63) is 30.1 Å². The first kappa shape index (κ1) is 23.0. The van der Waals surface area contributed by atoms with E-state index in [1.165, 1.54) is 19.1 Å². The lowest BCUT2D eigenvalue weighted by atomic mass is 9.77. The molecule has 8 nitrogen and oxygen atoms in total. The van der Waals surface area contributed by atoms with Crippen molar-refractivity contribution in [2.75, 3.05) is 52.5 Å². The first-order valence-corrected chi connectivity index (χ1v) is 10.6. The van der Waals surface area contributed by atoms with Gasteiger partial charge in [0.2, 0.25) is 17.7 Å². The minimum Gasteiger partial charge on any atom is -0.493 e. The Balaban J connectivity index is 1.72. The van der Waals surface area contributed by atoms with Crippen LogP contribution in [0.15, 0.2) is 24.3 Å². The Morgan fingerprint density at radius 1 is 1.10 bits per heavy atom. The van der Waals surface area contributed by atoms with Crippen LogP contribution in [0.3, 0.4) is 0 Å². The fraction of sp³-hybridized carbons (Fsp3) is 0.591. The number of benzene rings is 1. The summed E-state index contributed by atoms with van der Waals surface area (Å²) in [4.78, 5) is 40.3. The molecule has 0 spiro atoms.